The van der Waals surface area contributed by atoms with E-state index in [0.29, 0.717) is 28.2 Å². The van der Waals surface area contributed by atoms with Gasteiger partial charge in [-0.1, -0.05) is 40.2 Å². The van der Waals surface area contributed by atoms with E-state index in [-0.39, 0.29) is 42.7 Å². The molecule has 1 saturated carbocycles. The average Bonchev–Trinajstić information content (AvgIpc) is 2.93. The molecule has 0 radical (unpaired) electrons. The second-order valence-corrected chi connectivity index (χ2v) is 13.8. The number of carboxylic acid groups (broad SMARTS) is 1. The van der Waals surface area contributed by atoms with E-state index in [2.05, 4.69) is 15.9 Å². The van der Waals surface area contributed by atoms with Gasteiger partial charge < -0.3 is 19.5 Å². The Morgan fingerprint density at radius 1 is 1.12 bits per heavy atom. The van der Waals surface area contributed by atoms with Crippen LogP contribution in [0.1, 0.15) is 37.3 Å². The molecule has 1 aliphatic heterocycles. The number of halogens is 1. The summed E-state index contributed by atoms with van der Waals surface area (Å²) in [5, 5.41) is 10.4. The molecular formula is C31H33BrN2O7S. The molecule has 1 N–H and O–H groups in total. The van der Waals surface area contributed by atoms with E-state index < -0.39 is 27.5 Å². The Labute approximate surface area is 254 Å². The van der Waals surface area contributed by atoms with Crippen molar-refractivity contribution in [3.63, 3.8) is 0 Å². The highest BCUT2D eigenvalue weighted by atomic mass is 79.9. The molecule has 1 aliphatic carbocycles. The Morgan fingerprint density at radius 3 is 2.45 bits per heavy atom. The van der Waals surface area contributed by atoms with Gasteiger partial charge in [-0.05, 0) is 73.4 Å². The predicted octanol–water partition coefficient (Wildman–Crippen LogP) is 5.39. The Hall–Kier alpha value is -3.57. The molecule has 11 heteroatoms. The van der Waals surface area contributed by atoms with E-state index in [9.17, 15) is 23.1 Å². The maximum Gasteiger partial charge on any atom is 0.309 e. The summed E-state index contributed by atoms with van der Waals surface area (Å²) >= 11 is 3.43. The normalized spacial score (nSPS) is 21.5. The summed E-state index contributed by atoms with van der Waals surface area (Å²) in [6.07, 6.45) is -0.115. The number of aliphatic carboxylic acids is 1. The lowest BCUT2D eigenvalue weighted by Crippen LogP contribution is -2.58. The number of nitrogens with zero attached hydrogens (tertiary/aromatic N) is 2. The number of sulfonamides is 1. The lowest BCUT2D eigenvalue weighted by Gasteiger charge is -2.50. The number of carbonyl (C=O) groups is 2. The first-order valence-corrected chi connectivity index (χ1v) is 15.8. The molecule has 0 saturated heterocycles. The first-order chi connectivity index (χ1) is 19.9. The molecule has 0 unspecified atom stereocenters. The Morgan fingerprint density at radius 2 is 1.83 bits per heavy atom. The van der Waals surface area contributed by atoms with E-state index >= 15 is 0 Å². The summed E-state index contributed by atoms with van der Waals surface area (Å²) in [7, 11) is -2.38. The SMILES string of the molecule is COc1ccc(CN(C(C)=O)C2CC(C[C@H]3CN(S(=O)(=O)c4cccc(C)c4)c4cc(Br)ccc4O3)(C(=O)O)C2)cc1. The summed E-state index contributed by atoms with van der Waals surface area (Å²) in [5.74, 6) is -0.0443. The van der Waals surface area contributed by atoms with Crippen molar-refractivity contribution in [2.24, 2.45) is 5.41 Å². The molecule has 3 aromatic rings. The number of aryl methyl sites for hydroxylation is 1. The molecule has 1 atom stereocenters. The lowest BCUT2D eigenvalue weighted by atomic mass is 9.62. The third-order valence-electron chi connectivity index (χ3n) is 8.11. The largest absolute Gasteiger partial charge is 0.497 e. The van der Waals surface area contributed by atoms with Crippen molar-refractivity contribution in [1.29, 1.82) is 0 Å². The average molecular weight is 658 g/mol. The highest BCUT2D eigenvalue weighted by molar-refractivity contribution is 9.10. The van der Waals surface area contributed by atoms with E-state index in [1.54, 1.807) is 48.4 Å². The molecule has 1 amide bonds. The van der Waals surface area contributed by atoms with Crippen LogP contribution in [0.5, 0.6) is 11.5 Å². The summed E-state index contributed by atoms with van der Waals surface area (Å²) < 4.78 is 41.2. The number of rotatable bonds is 9. The third-order valence-corrected chi connectivity index (χ3v) is 10.4. The van der Waals surface area contributed by atoms with Gasteiger partial charge in [-0.15, -0.1) is 0 Å². The van der Waals surface area contributed by atoms with Crippen LogP contribution in [0.15, 0.2) is 76.1 Å². The van der Waals surface area contributed by atoms with E-state index in [1.165, 1.54) is 11.2 Å². The van der Waals surface area contributed by atoms with Crippen LogP contribution in [-0.2, 0) is 26.2 Å². The number of hydrogen-bond donors (Lipinski definition) is 1. The van der Waals surface area contributed by atoms with Gasteiger partial charge in [-0.25, -0.2) is 8.42 Å². The number of hydrogen-bond acceptors (Lipinski definition) is 6. The summed E-state index contributed by atoms with van der Waals surface area (Å²) in [6, 6.07) is 19.0. The minimum absolute atomic E-state index is 0.0400. The molecule has 5 rings (SSSR count). The van der Waals surface area contributed by atoms with Crippen molar-refractivity contribution < 1.29 is 32.6 Å². The number of benzene rings is 3. The fourth-order valence-electron chi connectivity index (χ4n) is 5.87. The summed E-state index contributed by atoms with van der Waals surface area (Å²) in [6.45, 7) is 3.62. The van der Waals surface area contributed by atoms with Crippen molar-refractivity contribution in [3.05, 3.63) is 82.3 Å². The van der Waals surface area contributed by atoms with Gasteiger partial charge in [0.15, 0.2) is 0 Å². The van der Waals surface area contributed by atoms with Crippen molar-refractivity contribution >= 4 is 43.5 Å². The number of ether oxygens (including phenoxy) is 2. The van der Waals surface area contributed by atoms with E-state index in [4.69, 9.17) is 9.47 Å². The number of methoxy groups -OCH3 is 1. The Kier molecular flexibility index (Phi) is 8.26. The zero-order valence-electron chi connectivity index (χ0n) is 23.6. The van der Waals surface area contributed by atoms with Gasteiger partial charge in [0.05, 0.1) is 29.7 Å². The van der Waals surface area contributed by atoms with Gasteiger partial charge in [-0.2, -0.15) is 0 Å². The van der Waals surface area contributed by atoms with Gasteiger partial charge >= 0.3 is 5.97 Å². The van der Waals surface area contributed by atoms with Crippen molar-refractivity contribution in [2.45, 2.75) is 56.7 Å². The topological polar surface area (TPSA) is 113 Å². The van der Waals surface area contributed by atoms with Crippen molar-refractivity contribution in [3.8, 4) is 11.5 Å². The van der Waals surface area contributed by atoms with Gasteiger partial charge in [0.2, 0.25) is 5.91 Å². The molecule has 0 spiro atoms. The number of amides is 1. The number of anilines is 1. The lowest BCUT2D eigenvalue weighted by molar-refractivity contribution is -0.166. The fraction of sp³-hybridized carbons (Fsp3) is 0.355. The van der Waals surface area contributed by atoms with Crippen LogP contribution in [0.25, 0.3) is 0 Å². The van der Waals surface area contributed by atoms with Crippen LogP contribution in [0.4, 0.5) is 5.69 Å². The Bertz CT molecular complexity index is 1600. The first-order valence-electron chi connectivity index (χ1n) is 13.6. The zero-order valence-corrected chi connectivity index (χ0v) is 26.0. The molecule has 42 heavy (non-hydrogen) atoms. The smallest absolute Gasteiger partial charge is 0.309 e. The predicted molar refractivity (Wildman–Crippen MR) is 161 cm³/mol. The molecule has 2 aliphatic rings. The van der Waals surface area contributed by atoms with Crippen LogP contribution in [0.3, 0.4) is 0 Å². The highest BCUT2D eigenvalue weighted by Crippen LogP contribution is 2.50. The maximum absolute atomic E-state index is 13.9. The van der Waals surface area contributed by atoms with Gasteiger partial charge in [-0.3, -0.25) is 13.9 Å². The standard InChI is InChI=1S/C31H33BrN2O7S/c1-20-5-4-6-27(13-20)42(38,39)34-19-26(41-29-12-9-23(32)14-28(29)34)17-31(30(36)37)15-24(16-31)33(21(2)35)18-22-7-10-25(40-3)11-8-22/h4-14,24,26H,15-19H2,1-3H3,(H,36,37)/t24?,26-,31?/m0/s1. The Balaban J connectivity index is 1.38. The van der Waals surface area contributed by atoms with Gasteiger partial charge in [0, 0.05) is 30.4 Å². The molecular weight excluding hydrogens is 624 g/mol. The van der Waals surface area contributed by atoms with Gasteiger partial charge in [0.1, 0.15) is 17.6 Å². The monoisotopic (exact) mass is 656 g/mol. The van der Waals surface area contributed by atoms with E-state index in [1.807, 2.05) is 37.3 Å². The maximum atomic E-state index is 13.9. The second kappa shape index (κ2) is 11.6. The molecule has 9 nitrogen and oxygen atoms in total. The number of fused-ring (bicyclic) bond motifs is 1. The number of carbonyl (C=O) groups excluding carboxylic acids is 1. The minimum atomic E-state index is -3.96. The van der Waals surface area contributed by atoms with Crippen molar-refractivity contribution in [1.82, 2.24) is 4.90 Å². The van der Waals surface area contributed by atoms with Crippen LogP contribution in [-0.4, -0.2) is 56.1 Å². The summed E-state index contributed by atoms with van der Waals surface area (Å²) in [4.78, 5) is 27.1. The molecule has 0 bridgehead atoms. The fourth-order valence-corrected chi connectivity index (χ4v) is 7.83. The first kappa shape index (κ1) is 29.9. The zero-order chi connectivity index (χ0) is 30.2. The summed E-state index contributed by atoms with van der Waals surface area (Å²) in [5.41, 5.74) is 0.953. The third kappa shape index (κ3) is 5.85. The van der Waals surface area contributed by atoms with Crippen LogP contribution in [0, 0.1) is 12.3 Å². The quantitative estimate of drug-likeness (QED) is 0.328. The number of carboxylic acids is 1. The molecule has 222 valence electrons. The van der Waals surface area contributed by atoms with E-state index in [0.717, 1.165) is 11.1 Å². The van der Waals surface area contributed by atoms with Gasteiger partial charge in [0.25, 0.3) is 10.0 Å². The molecule has 0 aromatic heterocycles. The molecule has 1 fully saturated rings. The van der Waals surface area contributed by atoms with Crippen LogP contribution < -0.4 is 13.8 Å². The minimum Gasteiger partial charge on any atom is -0.497 e. The van der Waals surface area contributed by atoms with Crippen LogP contribution >= 0.6 is 15.9 Å². The molecule has 1 heterocycles. The highest BCUT2D eigenvalue weighted by Gasteiger charge is 2.55. The van der Waals surface area contributed by atoms with Crippen LogP contribution in [0.2, 0.25) is 0 Å². The second-order valence-electron chi connectivity index (χ2n) is 11.1. The molecule has 3 aromatic carbocycles. The van der Waals surface area contributed by atoms with Crippen molar-refractivity contribution in [2.75, 3.05) is 18.0 Å².